The maximum absolute atomic E-state index is 11.0. The minimum absolute atomic E-state index is 0.0300. The third kappa shape index (κ3) is 2.82. The first kappa shape index (κ1) is 12.2. The Morgan fingerprint density at radius 2 is 2.00 bits per heavy atom. The molecule has 0 spiro atoms. The molecule has 2 unspecified atom stereocenters. The molecule has 2 atom stereocenters. The highest BCUT2D eigenvalue weighted by Gasteiger charge is 2.37. The first-order chi connectivity index (χ1) is 6.60. The largest absolute Gasteiger partial charge is 0.346 e. The van der Waals surface area contributed by atoms with Crippen molar-refractivity contribution in [2.24, 2.45) is 11.1 Å². The van der Waals surface area contributed by atoms with Crippen LogP contribution in [0.25, 0.3) is 0 Å². The van der Waals surface area contributed by atoms with Gasteiger partial charge in [-0.2, -0.15) is 0 Å². The fourth-order valence-electron chi connectivity index (χ4n) is 2.67. The average Bonchev–Trinajstić information content (AvgIpc) is 2.17. The molecule has 3 N–H and O–H groups in total. The lowest BCUT2D eigenvalue weighted by molar-refractivity contribution is 0.167. The molecular weight excluding hydrogens is 197 g/mol. The van der Waals surface area contributed by atoms with Gasteiger partial charge in [-0.1, -0.05) is 26.2 Å². The summed E-state index contributed by atoms with van der Waals surface area (Å²) in [6.45, 7) is 2.07. The molecule has 1 aliphatic rings. The number of hydrogen-bond donors (Lipinski definition) is 2. The van der Waals surface area contributed by atoms with E-state index in [1.54, 1.807) is 0 Å². The van der Waals surface area contributed by atoms with Crippen LogP contribution in [0.15, 0.2) is 0 Å². The number of hydrogen-bond acceptors (Lipinski definition) is 2. The van der Waals surface area contributed by atoms with E-state index in [1.165, 1.54) is 19.3 Å². The van der Waals surface area contributed by atoms with Crippen molar-refractivity contribution in [3.8, 4) is 0 Å². The molecule has 0 heterocycles. The Kier molecular flexibility index (Phi) is 4.62. The van der Waals surface area contributed by atoms with Gasteiger partial charge in [-0.25, -0.2) is 0 Å². The van der Waals surface area contributed by atoms with Crippen molar-refractivity contribution in [1.82, 2.24) is 0 Å². The van der Waals surface area contributed by atoms with Gasteiger partial charge in [0.1, 0.15) is 0 Å². The van der Waals surface area contributed by atoms with Crippen LogP contribution in [0.4, 0.5) is 0 Å². The van der Waals surface area contributed by atoms with Crippen molar-refractivity contribution in [2.45, 2.75) is 51.5 Å². The minimum Gasteiger partial charge on any atom is -0.346 e. The topological polar surface area (TPSA) is 63.3 Å². The van der Waals surface area contributed by atoms with Crippen LogP contribution in [0.3, 0.4) is 0 Å². The van der Waals surface area contributed by atoms with Crippen LogP contribution in [0.1, 0.15) is 45.4 Å². The molecule has 0 aromatic carbocycles. The van der Waals surface area contributed by atoms with Gasteiger partial charge in [0.15, 0.2) is 8.03 Å². The summed E-state index contributed by atoms with van der Waals surface area (Å²) < 4.78 is 11.0. The zero-order valence-electron chi connectivity index (χ0n) is 8.96. The van der Waals surface area contributed by atoms with E-state index in [9.17, 15) is 4.57 Å². The molecule has 14 heavy (non-hydrogen) atoms. The van der Waals surface area contributed by atoms with E-state index in [0.717, 1.165) is 19.3 Å². The second-order valence-corrected chi connectivity index (χ2v) is 5.65. The summed E-state index contributed by atoms with van der Waals surface area (Å²) in [6.07, 6.45) is 7.02. The van der Waals surface area contributed by atoms with Crippen LogP contribution < -0.4 is 5.73 Å². The molecule has 0 aromatic rings. The minimum atomic E-state index is -2.38. The molecule has 1 aliphatic carbocycles. The van der Waals surface area contributed by atoms with Gasteiger partial charge in [0.05, 0.1) is 0 Å². The summed E-state index contributed by atoms with van der Waals surface area (Å²) in [5.74, 6) is 0. The lowest BCUT2D eigenvalue weighted by Crippen LogP contribution is -2.44. The Morgan fingerprint density at radius 3 is 2.43 bits per heavy atom. The zero-order valence-corrected chi connectivity index (χ0v) is 9.96. The maximum Gasteiger partial charge on any atom is 0.189 e. The highest BCUT2D eigenvalue weighted by Crippen LogP contribution is 2.44. The van der Waals surface area contributed by atoms with Crippen molar-refractivity contribution in [3.63, 3.8) is 0 Å². The van der Waals surface area contributed by atoms with Crippen molar-refractivity contribution in [2.75, 3.05) is 6.16 Å². The van der Waals surface area contributed by atoms with E-state index in [4.69, 9.17) is 10.6 Å². The highest BCUT2D eigenvalue weighted by atomic mass is 31.1. The molecule has 1 rings (SSSR count). The second kappa shape index (κ2) is 5.29. The second-order valence-electron chi connectivity index (χ2n) is 4.51. The third-order valence-electron chi connectivity index (χ3n) is 3.58. The summed E-state index contributed by atoms with van der Waals surface area (Å²) in [7, 11) is -2.38. The van der Waals surface area contributed by atoms with Crippen LogP contribution in [0, 0.1) is 5.41 Å². The molecule has 1 saturated carbocycles. The molecule has 84 valence electrons. The smallest absolute Gasteiger partial charge is 0.189 e. The summed E-state index contributed by atoms with van der Waals surface area (Å²) >= 11 is 0. The van der Waals surface area contributed by atoms with Gasteiger partial charge >= 0.3 is 0 Å². The van der Waals surface area contributed by atoms with Crippen LogP contribution in [-0.2, 0) is 4.57 Å². The SMILES string of the molecule is CCC(N)C1(C[PH](=O)O)CCCCC1. The van der Waals surface area contributed by atoms with Crippen molar-refractivity contribution < 1.29 is 9.46 Å². The maximum atomic E-state index is 11.0. The molecule has 0 aromatic heterocycles. The Balaban J connectivity index is 2.71. The lowest BCUT2D eigenvalue weighted by atomic mass is 9.70. The Hall–Kier alpha value is 0.150. The standard InChI is InChI=1S/C10H22NO2P/c1-2-9(11)10(8-14(12)13)6-4-3-5-7-10/h9,14H,2-8,11H2,1H3,(H,12,13). The number of rotatable bonds is 4. The van der Waals surface area contributed by atoms with E-state index < -0.39 is 8.03 Å². The fourth-order valence-corrected chi connectivity index (χ4v) is 3.89. The Bertz CT molecular complexity index is 202. The lowest BCUT2D eigenvalue weighted by Gasteiger charge is -2.41. The van der Waals surface area contributed by atoms with E-state index >= 15 is 0 Å². The van der Waals surface area contributed by atoms with Crippen molar-refractivity contribution in [1.29, 1.82) is 0 Å². The van der Waals surface area contributed by atoms with Gasteiger partial charge in [-0.15, -0.1) is 0 Å². The van der Waals surface area contributed by atoms with E-state index in [0.29, 0.717) is 6.16 Å². The van der Waals surface area contributed by atoms with Crippen LogP contribution in [0.2, 0.25) is 0 Å². The number of nitrogens with two attached hydrogens (primary N) is 1. The predicted octanol–water partition coefficient (Wildman–Crippen LogP) is 2.14. The van der Waals surface area contributed by atoms with Gasteiger partial charge in [0.2, 0.25) is 0 Å². The van der Waals surface area contributed by atoms with E-state index in [-0.39, 0.29) is 11.5 Å². The summed E-state index contributed by atoms with van der Waals surface area (Å²) in [5.41, 5.74) is 6.07. The quantitative estimate of drug-likeness (QED) is 0.712. The predicted molar refractivity (Wildman–Crippen MR) is 59.9 cm³/mol. The first-order valence-corrected chi connectivity index (χ1v) is 7.14. The van der Waals surface area contributed by atoms with Crippen LogP contribution in [-0.4, -0.2) is 17.1 Å². The van der Waals surface area contributed by atoms with E-state index in [1.807, 2.05) is 0 Å². The molecule has 0 saturated heterocycles. The van der Waals surface area contributed by atoms with Gasteiger partial charge in [-0.3, -0.25) is 4.57 Å². The first-order valence-electron chi connectivity index (χ1n) is 5.58. The van der Waals surface area contributed by atoms with Gasteiger partial charge in [0.25, 0.3) is 0 Å². The van der Waals surface area contributed by atoms with E-state index in [2.05, 4.69) is 6.92 Å². The van der Waals surface area contributed by atoms with Gasteiger partial charge in [0, 0.05) is 12.2 Å². The van der Waals surface area contributed by atoms with Crippen LogP contribution in [0.5, 0.6) is 0 Å². The molecule has 0 bridgehead atoms. The summed E-state index contributed by atoms with van der Waals surface area (Å²) in [6, 6.07) is 0.101. The van der Waals surface area contributed by atoms with Gasteiger partial charge in [-0.05, 0) is 24.7 Å². The van der Waals surface area contributed by atoms with Crippen LogP contribution >= 0.6 is 8.03 Å². The Morgan fingerprint density at radius 1 is 1.43 bits per heavy atom. The zero-order chi connectivity index (χ0) is 10.6. The third-order valence-corrected chi connectivity index (χ3v) is 4.59. The fraction of sp³-hybridized carbons (Fsp3) is 1.00. The molecule has 4 heteroatoms. The summed E-state index contributed by atoms with van der Waals surface area (Å²) in [4.78, 5) is 9.10. The molecular formula is C10H22NO2P. The normalized spacial score (nSPS) is 25.6. The van der Waals surface area contributed by atoms with Gasteiger partial charge < -0.3 is 10.6 Å². The highest BCUT2D eigenvalue weighted by molar-refractivity contribution is 7.38. The van der Waals surface area contributed by atoms with Crippen molar-refractivity contribution >= 4 is 8.03 Å². The molecule has 3 nitrogen and oxygen atoms in total. The average molecular weight is 219 g/mol. The molecule has 1 fully saturated rings. The monoisotopic (exact) mass is 219 g/mol. The van der Waals surface area contributed by atoms with Crippen molar-refractivity contribution in [3.05, 3.63) is 0 Å². The molecule has 0 radical (unpaired) electrons. The Labute approximate surface area is 86.9 Å². The molecule has 0 aliphatic heterocycles. The summed E-state index contributed by atoms with van der Waals surface area (Å²) in [5, 5.41) is 0. The molecule has 0 amide bonds.